The summed E-state index contributed by atoms with van der Waals surface area (Å²) in [5.74, 6) is -0.271. The van der Waals surface area contributed by atoms with Gasteiger partial charge in [-0.1, -0.05) is 54.6 Å². The maximum absolute atomic E-state index is 12.1. The Morgan fingerprint density at radius 1 is 0.793 bits per heavy atom. The average molecular weight is 469 g/mol. The first-order valence-electron chi connectivity index (χ1n) is 9.55. The van der Waals surface area contributed by atoms with E-state index in [-0.39, 0.29) is 23.0 Å². The normalized spacial score (nSPS) is 11.4. The van der Waals surface area contributed by atoms with Crippen LogP contribution in [-0.4, -0.2) is 18.7 Å². The van der Waals surface area contributed by atoms with Crippen molar-refractivity contribution >= 4 is 29.1 Å². The summed E-state index contributed by atoms with van der Waals surface area (Å²) >= 11 is 0. The number of carbonyl (C=O) groups is 1. The largest absolute Gasteiger partial charge is 1.00 e. The molecular weight excluding hydrogens is 443 g/mol. The molecule has 0 atom stereocenters. The number of hydrogen-bond acceptors (Lipinski definition) is 2. The lowest BCUT2D eigenvalue weighted by Crippen LogP contribution is -3.00. The molecule has 3 aromatic rings. The fraction of sp³-hybridized carbons (Fsp3) is 0.160. The highest BCUT2D eigenvalue weighted by Gasteiger charge is 2.45. The first-order valence-corrected chi connectivity index (χ1v) is 11.5. The van der Waals surface area contributed by atoms with Crippen LogP contribution in [0.5, 0.6) is 0 Å². The molecule has 0 aliphatic carbocycles. The van der Waals surface area contributed by atoms with E-state index in [1.165, 1.54) is 15.9 Å². The second-order valence-electron chi connectivity index (χ2n) is 6.72. The minimum absolute atomic E-state index is 0. The van der Waals surface area contributed by atoms with E-state index in [0.29, 0.717) is 6.61 Å². The fourth-order valence-electron chi connectivity index (χ4n) is 3.57. The number of carbonyl (C=O) groups excluding carboxylic acids is 1. The summed E-state index contributed by atoms with van der Waals surface area (Å²) in [5, 5.41) is 3.93. The zero-order valence-corrected chi connectivity index (χ0v) is 19.3. The summed E-state index contributed by atoms with van der Waals surface area (Å²) in [7, 11) is -1.96. The molecule has 0 bridgehead atoms. The van der Waals surface area contributed by atoms with Crippen molar-refractivity contribution in [3.8, 4) is 0 Å². The highest BCUT2D eigenvalue weighted by molar-refractivity contribution is 7.95. The van der Waals surface area contributed by atoms with Crippen LogP contribution in [0.4, 0.5) is 0 Å². The number of rotatable bonds is 7. The van der Waals surface area contributed by atoms with E-state index in [4.69, 9.17) is 4.74 Å². The molecular formula is C25H26BrO2P. The Morgan fingerprint density at radius 3 is 1.52 bits per heavy atom. The molecule has 3 rings (SSSR count). The summed E-state index contributed by atoms with van der Waals surface area (Å²) < 4.78 is 5.14. The molecule has 0 radical (unpaired) electrons. The Balaban J connectivity index is 0.00000300. The van der Waals surface area contributed by atoms with Gasteiger partial charge in [0.1, 0.15) is 23.2 Å². The number of esters is 1. The lowest BCUT2D eigenvalue weighted by atomic mass is 10.3. The monoisotopic (exact) mass is 468 g/mol. The van der Waals surface area contributed by atoms with Gasteiger partial charge in [-0.25, -0.2) is 4.79 Å². The van der Waals surface area contributed by atoms with E-state index >= 15 is 0 Å². The van der Waals surface area contributed by atoms with E-state index in [1.54, 1.807) is 6.08 Å². The van der Waals surface area contributed by atoms with Crippen LogP contribution in [0.2, 0.25) is 0 Å². The summed E-state index contributed by atoms with van der Waals surface area (Å²) in [6.07, 6.45) is 2.44. The van der Waals surface area contributed by atoms with Gasteiger partial charge in [0.15, 0.2) is 0 Å². The Hall–Kier alpha value is -2.22. The van der Waals surface area contributed by atoms with Crippen LogP contribution in [0.3, 0.4) is 0 Å². The van der Waals surface area contributed by atoms with Gasteiger partial charge in [0.05, 0.1) is 12.8 Å². The van der Waals surface area contributed by atoms with Crippen LogP contribution in [0.15, 0.2) is 103 Å². The predicted molar refractivity (Wildman–Crippen MR) is 120 cm³/mol. The Bertz CT molecular complexity index is 828. The van der Waals surface area contributed by atoms with Gasteiger partial charge in [-0.15, -0.1) is 0 Å². The van der Waals surface area contributed by atoms with Crippen LogP contribution in [0.25, 0.3) is 0 Å². The third-order valence-electron chi connectivity index (χ3n) is 4.73. The molecule has 0 spiro atoms. The molecule has 4 heteroatoms. The summed E-state index contributed by atoms with van der Waals surface area (Å²) in [6, 6.07) is 32.0. The highest BCUT2D eigenvalue weighted by atomic mass is 79.9. The number of ether oxygens (including phenoxy) is 1. The van der Waals surface area contributed by atoms with Crippen molar-refractivity contribution in [2.45, 2.75) is 13.8 Å². The minimum Gasteiger partial charge on any atom is -1.00 e. The van der Waals surface area contributed by atoms with E-state index in [2.05, 4.69) is 91.0 Å². The van der Waals surface area contributed by atoms with Crippen LogP contribution in [-0.2, 0) is 9.53 Å². The number of benzene rings is 3. The van der Waals surface area contributed by atoms with Crippen molar-refractivity contribution in [1.29, 1.82) is 0 Å². The number of allylic oxidation sites excluding steroid dienone is 1. The second kappa shape index (κ2) is 11.1. The molecule has 0 unspecified atom stereocenters. The van der Waals surface area contributed by atoms with E-state index in [0.717, 1.165) is 11.7 Å². The molecule has 0 N–H and O–H groups in total. The quantitative estimate of drug-likeness (QED) is 0.298. The van der Waals surface area contributed by atoms with Crippen molar-refractivity contribution < 1.29 is 26.5 Å². The summed E-state index contributed by atoms with van der Waals surface area (Å²) in [5.41, 5.74) is 1.03. The molecule has 150 valence electrons. The lowest BCUT2D eigenvalue weighted by molar-refractivity contribution is -0.137. The van der Waals surface area contributed by atoms with E-state index < -0.39 is 7.26 Å². The van der Waals surface area contributed by atoms with Crippen molar-refractivity contribution in [2.24, 2.45) is 0 Å². The molecule has 3 aromatic carbocycles. The van der Waals surface area contributed by atoms with Gasteiger partial charge in [-0.2, -0.15) is 0 Å². The van der Waals surface area contributed by atoms with E-state index in [1.807, 2.05) is 13.8 Å². The molecule has 0 heterocycles. The Kier molecular flexibility index (Phi) is 8.82. The third kappa shape index (κ3) is 5.44. The van der Waals surface area contributed by atoms with E-state index in [9.17, 15) is 4.79 Å². The first kappa shape index (κ1) is 23.1. The topological polar surface area (TPSA) is 26.3 Å². The molecule has 0 aliphatic heterocycles. The SMILES string of the molecule is CCOC(=O)C=C(C)C[P+](c1ccccc1)(c1ccccc1)c1ccccc1.[Br-]. The molecule has 29 heavy (non-hydrogen) atoms. The van der Waals surface area contributed by atoms with Crippen molar-refractivity contribution in [3.05, 3.63) is 103 Å². The van der Waals surface area contributed by atoms with Gasteiger partial charge in [0.25, 0.3) is 0 Å². The summed E-state index contributed by atoms with van der Waals surface area (Å²) in [6.45, 7) is 4.25. The zero-order chi connectivity index (χ0) is 19.8. The van der Waals surface area contributed by atoms with Gasteiger partial charge in [0.2, 0.25) is 0 Å². The first-order chi connectivity index (χ1) is 13.7. The standard InChI is InChI=1S/C25H26O2P.BrH/c1-3-27-25(26)19-21(2)20-28(22-13-7-4-8-14-22,23-15-9-5-10-16-23)24-17-11-6-12-18-24;/h4-19H,3,20H2,1-2H3;1H/q+1;/p-1. The van der Waals surface area contributed by atoms with Gasteiger partial charge in [0, 0.05) is 6.08 Å². The molecule has 2 nitrogen and oxygen atoms in total. The van der Waals surface area contributed by atoms with Crippen LogP contribution in [0.1, 0.15) is 13.8 Å². The highest BCUT2D eigenvalue weighted by Crippen LogP contribution is 2.56. The third-order valence-corrected chi connectivity index (χ3v) is 9.24. The Labute approximate surface area is 184 Å². The Morgan fingerprint density at radius 2 is 1.17 bits per heavy atom. The maximum Gasteiger partial charge on any atom is 0.330 e. The molecule has 0 amide bonds. The molecule has 0 saturated heterocycles. The fourth-order valence-corrected chi connectivity index (χ4v) is 7.90. The molecule has 0 aliphatic rings. The van der Waals surface area contributed by atoms with Gasteiger partial charge in [-0.05, 0) is 55.8 Å². The van der Waals surface area contributed by atoms with Crippen LogP contribution in [0, 0.1) is 0 Å². The molecule has 0 fully saturated rings. The minimum atomic E-state index is -1.96. The molecule has 0 saturated carbocycles. The predicted octanol–water partition coefficient (Wildman–Crippen LogP) is 1.49. The van der Waals surface area contributed by atoms with Gasteiger partial charge < -0.3 is 21.7 Å². The van der Waals surface area contributed by atoms with Crippen LogP contribution < -0.4 is 32.9 Å². The average Bonchev–Trinajstić information content (AvgIpc) is 2.74. The van der Waals surface area contributed by atoms with Gasteiger partial charge in [-0.3, -0.25) is 0 Å². The van der Waals surface area contributed by atoms with Crippen LogP contribution >= 0.6 is 7.26 Å². The zero-order valence-electron chi connectivity index (χ0n) is 16.8. The number of hydrogen-bond donors (Lipinski definition) is 0. The smallest absolute Gasteiger partial charge is 0.330 e. The lowest BCUT2D eigenvalue weighted by Gasteiger charge is -2.28. The number of halogens is 1. The van der Waals surface area contributed by atoms with Crippen molar-refractivity contribution in [2.75, 3.05) is 12.8 Å². The van der Waals surface area contributed by atoms with Gasteiger partial charge >= 0.3 is 5.97 Å². The van der Waals surface area contributed by atoms with Crippen molar-refractivity contribution in [1.82, 2.24) is 0 Å². The van der Waals surface area contributed by atoms with Crippen molar-refractivity contribution in [3.63, 3.8) is 0 Å². The second-order valence-corrected chi connectivity index (χ2v) is 10.2. The summed E-state index contributed by atoms with van der Waals surface area (Å²) in [4.78, 5) is 12.1. The molecule has 0 aromatic heterocycles. The maximum atomic E-state index is 12.1.